The summed E-state index contributed by atoms with van der Waals surface area (Å²) in [6, 6.07) is 5.96. The summed E-state index contributed by atoms with van der Waals surface area (Å²) in [5.74, 6) is 0.412. The number of rotatable bonds is 4. The molecule has 1 fully saturated rings. The number of hydrogen-bond acceptors (Lipinski definition) is 4. The Bertz CT molecular complexity index is 712. The molecular formula is C18H26N6O. The van der Waals surface area contributed by atoms with Crippen LogP contribution in [0.3, 0.4) is 0 Å². The van der Waals surface area contributed by atoms with E-state index in [1.54, 1.807) is 6.20 Å². The third-order valence-electron chi connectivity index (χ3n) is 4.75. The summed E-state index contributed by atoms with van der Waals surface area (Å²) in [7, 11) is 4.01. The number of benzene rings is 1. The average molecular weight is 342 g/mol. The molecule has 1 N–H and O–H groups in total. The molecule has 0 bridgehead atoms. The van der Waals surface area contributed by atoms with E-state index in [0.29, 0.717) is 5.92 Å². The second-order valence-corrected chi connectivity index (χ2v) is 6.85. The van der Waals surface area contributed by atoms with Crippen molar-refractivity contribution >= 4 is 17.4 Å². The van der Waals surface area contributed by atoms with Crippen molar-refractivity contribution in [3.05, 3.63) is 36.2 Å². The number of hydrogen-bond donors (Lipinski definition) is 1. The average Bonchev–Trinajstić information content (AvgIpc) is 3.09. The van der Waals surface area contributed by atoms with Crippen molar-refractivity contribution in [1.29, 1.82) is 0 Å². The fourth-order valence-electron chi connectivity index (χ4n) is 3.43. The van der Waals surface area contributed by atoms with Crippen LogP contribution in [-0.4, -0.2) is 53.1 Å². The Hall–Kier alpha value is -2.57. The molecule has 1 atom stereocenters. The smallest absolute Gasteiger partial charge is 0.321 e. The molecule has 7 heteroatoms. The van der Waals surface area contributed by atoms with E-state index in [1.165, 1.54) is 0 Å². The lowest BCUT2D eigenvalue weighted by atomic mass is 9.98. The highest BCUT2D eigenvalue weighted by molar-refractivity contribution is 5.91. The summed E-state index contributed by atoms with van der Waals surface area (Å²) >= 11 is 0. The topological polar surface area (TPSA) is 66.3 Å². The van der Waals surface area contributed by atoms with Crippen LogP contribution in [-0.2, 0) is 6.54 Å². The van der Waals surface area contributed by atoms with Gasteiger partial charge in [-0.2, -0.15) is 0 Å². The van der Waals surface area contributed by atoms with E-state index in [0.717, 1.165) is 49.4 Å². The molecule has 0 aliphatic carbocycles. The van der Waals surface area contributed by atoms with Crippen LogP contribution in [0.5, 0.6) is 0 Å². The summed E-state index contributed by atoms with van der Waals surface area (Å²) in [6.07, 6.45) is 5.69. The molecule has 1 saturated heterocycles. The van der Waals surface area contributed by atoms with E-state index < -0.39 is 0 Å². The number of piperidine rings is 1. The molecule has 2 amide bonds. The van der Waals surface area contributed by atoms with Crippen molar-refractivity contribution in [3.63, 3.8) is 0 Å². The Morgan fingerprint density at radius 3 is 2.96 bits per heavy atom. The molecule has 7 nitrogen and oxygen atoms in total. The van der Waals surface area contributed by atoms with Crippen LogP contribution in [0.25, 0.3) is 0 Å². The maximum atomic E-state index is 12.7. The number of nitrogens with zero attached hydrogens (tertiary/aromatic N) is 5. The summed E-state index contributed by atoms with van der Waals surface area (Å²) < 4.78 is 1.84. The summed E-state index contributed by atoms with van der Waals surface area (Å²) in [5.41, 5.74) is 3.06. The van der Waals surface area contributed by atoms with Gasteiger partial charge in [0, 0.05) is 51.3 Å². The second-order valence-electron chi connectivity index (χ2n) is 6.85. The Labute approximate surface area is 148 Å². The van der Waals surface area contributed by atoms with Gasteiger partial charge >= 0.3 is 6.03 Å². The van der Waals surface area contributed by atoms with Crippen molar-refractivity contribution in [2.45, 2.75) is 26.3 Å². The number of nitrogens with one attached hydrogen (secondary N) is 1. The van der Waals surface area contributed by atoms with Crippen LogP contribution in [0.4, 0.5) is 16.2 Å². The molecule has 2 heterocycles. The molecule has 1 aliphatic heterocycles. The zero-order chi connectivity index (χ0) is 17.8. The van der Waals surface area contributed by atoms with Crippen LogP contribution >= 0.6 is 0 Å². The van der Waals surface area contributed by atoms with E-state index >= 15 is 0 Å². The van der Waals surface area contributed by atoms with E-state index in [9.17, 15) is 4.79 Å². The molecule has 1 aliphatic rings. The van der Waals surface area contributed by atoms with E-state index in [1.807, 2.05) is 48.9 Å². The molecule has 0 spiro atoms. The first-order valence-corrected chi connectivity index (χ1v) is 8.71. The molecule has 1 aromatic heterocycles. The number of urea groups is 1. The molecule has 0 saturated carbocycles. The lowest BCUT2D eigenvalue weighted by molar-refractivity contribution is 0.168. The minimum atomic E-state index is -0.0257. The molecule has 3 rings (SSSR count). The molecular weight excluding hydrogens is 316 g/mol. The van der Waals surface area contributed by atoms with Gasteiger partial charge in [0.05, 0.1) is 6.20 Å². The third kappa shape index (κ3) is 4.10. The first-order valence-electron chi connectivity index (χ1n) is 8.71. The quantitative estimate of drug-likeness (QED) is 0.927. The van der Waals surface area contributed by atoms with Gasteiger partial charge in [0.1, 0.15) is 0 Å². The van der Waals surface area contributed by atoms with Gasteiger partial charge in [-0.25, -0.2) is 4.79 Å². The Morgan fingerprint density at radius 2 is 2.24 bits per heavy atom. The maximum Gasteiger partial charge on any atom is 0.321 e. The molecule has 1 aromatic carbocycles. The van der Waals surface area contributed by atoms with Crippen molar-refractivity contribution in [2.24, 2.45) is 5.92 Å². The first-order chi connectivity index (χ1) is 12.0. The monoisotopic (exact) mass is 342 g/mol. The van der Waals surface area contributed by atoms with Gasteiger partial charge in [0.15, 0.2) is 0 Å². The lowest BCUT2D eigenvalue weighted by Gasteiger charge is -2.33. The van der Waals surface area contributed by atoms with E-state index in [4.69, 9.17) is 0 Å². The molecule has 25 heavy (non-hydrogen) atoms. The van der Waals surface area contributed by atoms with Gasteiger partial charge in [0.25, 0.3) is 0 Å². The zero-order valence-corrected chi connectivity index (χ0v) is 15.1. The van der Waals surface area contributed by atoms with Gasteiger partial charge in [-0.1, -0.05) is 11.3 Å². The maximum absolute atomic E-state index is 12.7. The van der Waals surface area contributed by atoms with Gasteiger partial charge in [0.2, 0.25) is 0 Å². The predicted octanol–water partition coefficient (Wildman–Crippen LogP) is 2.60. The minimum Gasteiger partial charge on any atom is -0.377 e. The van der Waals surface area contributed by atoms with Crippen LogP contribution in [0.1, 0.15) is 18.4 Å². The number of anilines is 2. The number of amides is 2. The minimum absolute atomic E-state index is 0.0257. The van der Waals surface area contributed by atoms with Gasteiger partial charge < -0.3 is 15.1 Å². The Morgan fingerprint density at radius 1 is 1.40 bits per heavy atom. The first kappa shape index (κ1) is 17.3. The number of carbonyl (C=O) groups is 1. The normalized spacial score (nSPS) is 17.4. The Balaban J connectivity index is 1.64. The van der Waals surface area contributed by atoms with Crippen LogP contribution in [0, 0.1) is 12.8 Å². The van der Waals surface area contributed by atoms with Crippen molar-refractivity contribution in [2.75, 3.05) is 37.4 Å². The SMILES string of the molecule is Cc1c(NC(=O)N2CCCC(Cn3ccnn3)C2)cccc1N(C)C. The van der Waals surface area contributed by atoms with Gasteiger partial charge in [-0.3, -0.25) is 4.68 Å². The second kappa shape index (κ2) is 7.55. The summed E-state index contributed by atoms with van der Waals surface area (Å²) in [4.78, 5) is 16.7. The highest BCUT2D eigenvalue weighted by Gasteiger charge is 2.24. The third-order valence-corrected chi connectivity index (χ3v) is 4.75. The van der Waals surface area contributed by atoms with Crippen molar-refractivity contribution < 1.29 is 4.79 Å². The van der Waals surface area contributed by atoms with E-state index in [-0.39, 0.29) is 6.03 Å². The highest BCUT2D eigenvalue weighted by atomic mass is 16.2. The van der Waals surface area contributed by atoms with Crippen molar-refractivity contribution in [3.8, 4) is 0 Å². The Kier molecular flexibility index (Phi) is 5.21. The van der Waals surface area contributed by atoms with Crippen molar-refractivity contribution in [1.82, 2.24) is 19.9 Å². The number of carbonyl (C=O) groups excluding carboxylic acids is 1. The predicted molar refractivity (Wildman–Crippen MR) is 98.8 cm³/mol. The van der Waals surface area contributed by atoms with E-state index in [2.05, 4.69) is 26.6 Å². The fraction of sp³-hybridized carbons (Fsp3) is 0.500. The highest BCUT2D eigenvalue weighted by Crippen LogP contribution is 2.26. The molecule has 2 aromatic rings. The summed E-state index contributed by atoms with van der Waals surface area (Å²) in [5, 5.41) is 11.0. The van der Waals surface area contributed by atoms with Crippen LogP contribution < -0.4 is 10.2 Å². The van der Waals surface area contributed by atoms with Gasteiger partial charge in [-0.05, 0) is 43.4 Å². The number of likely N-dealkylation sites (tertiary alicyclic amines) is 1. The fourth-order valence-corrected chi connectivity index (χ4v) is 3.43. The van der Waals surface area contributed by atoms with Gasteiger partial charge in [-0.15, -0.1) is 5.10 Å². The largest absolute Gasteiger partial charge is 0.377 e. The molecule has 134 valence electrons. The standard InChI is InChI=1S/C18H26N6O/c1-14-16(7-4-8-17(14)22(2)3)20-18(25)23-10-5-6-15(12-23)13-24-11-9-19-21-24/h4,7-9,11,15H,5-6,10,12-13H2,1-3H3,(H,20,25). The van der Waals surface area contributed by atoms with Crippen LogP contribution in [0.2, 0.25) is 0 Å². The number of aromatic nitrogens is 3. The molecule has 0 radical (unpaired) electrons. The molecule has 1 unspecified atom stereocenters. The zero-order valence-electron chi connectivity index (χ0n) is 15.1. The lowest BCUT2D eigenvalue weighted by Crippen LogP contribution is -2.43. The van der Waals surface area contributed by atoms with Crippen LogP contribution in [0.15, 0.2) is 30.6 Å². The summed E-state index contributed by atoms with van der Waals surface area (Å²) in [6.45, 7) is 4.39.